The highest BCUT2D eigenvalue weighted by atomic mass is 79.9. The van der Waals surface area contributed by atoms with Crippen LogP contribution in [0.15, 0.2) is 39.1 Å². The standard InChI is InChI=1S/C20H23BrN2O3/c1-11-4-5-26-18-14(6-11)8-15(9-17(18)21)19(24)22-10-16-12(2)7-13(3)23-20(16)25/h4,7-9,19,22,24H,5-6,10H2,1-3H3,(H,23,25). The van der Waals surface area contributed by atoms with Crippen LogP contribution in [0.5, 0.6) is 5.75 Å². The number of aryl methyl sites for hydroxylation is 2. The molecule has 0 radical (unpaired) electrons. The van der Waals surface area contributed by atoms with Crippen molar-refractivity contribution in [3.8, 4) is 5.75 Å². The molecule has 0 bridgehead atoms. The van der Waals surface area contributed by atoms with Crippen molar-refractivity contribution >= 4 is 15.9 Å². The van der Waals surface area contributed by atoms with E-state index < -0.39 is 6.23 Å². The van der Waals surface area contributed by atoms with Crippen LogP contribution in [0.4, 0.5) is 0 Å². The predicted octanol–water partition coefficient (Wildman–Crippen LogP) is 3.42. The molecule has 0 amide bonds. The third kappa shape index (κ3) is 4.09. The molecule has 1 aromatic carbocycles. The summed E-state index contributed by atoms with van der Waals surface area (Å²) in [4.78, 5) is 14.9. The highest BCUT2D eigenvalue weighted by molar-refractivity contribution is 9.10. The Bertz CT molecular complexity index is 918. The molecule has 1 unspecified atom stereocenters. The highest BCUT2D eigenvalue weighted by Gasteiger charge is 2.17. The van der Waals surface area contributed by atoms with Crippen molar-refractivity contribution in [2.75, 3.05) is 6.61 Å². The summed E-state index contributed by atoms with van der Waals surface area (Å²) in [7, 11) is 0. The highest BCUT2D eigenvalue weighted by Crippen LogP contribution is 2.35. The van der Waals surface area contributed by atoms with E-state index in [1.807, 2.05) is 32.0 Å². The summed E-state index contributed by atoms with van der Waals surface area (Å²) in [6.45, 7) is 6.66. The van der Waals surface area contributed by atoms with Crippen LogP contribution in [-0.4, -0.2) is 16.7 Å². The van der Waals surface area contributed by atoms with E-state index in [9.17, 15) is 9.90 Å². The number of ether oxygens (including phenoxy) is 1. The molecule has 6 heteroatoms. The van der Waals surface area contributed by atoms with Crippen LogP contribution in [0.25, 0.3) is 0 Å². The molecule has 2 aromatic rings. The number of allylic oxidation sites excluding steroid dienone is 1. The number of hydrogen-bond acceptors (Lipinski definition) is 4. The molecule has 0 saturated heterocycles. The van der Waals surface area contributed by atoms with Crippen LogP contribution in [0.3, 0.4) is 0 Å². The van der Waals surface area contributed by atoms with Gasteiger partial charge in [-0.25, -0.2) is 0 Å². The van der Waals surface area contributed by atoms with Crippen molar-refractivity contribution in [3.63, 3.8) is 0 Å². The topological polar surface area (TPSA) is 74.3 Å². The van der Waals surface area contributed by atoms with Crippen molar-refractivity contribution in [1.82, 2.24) is 10.3 Å². The molecule has 3 rings (SSSR count). The zero-order chi connectivity index (χ0) is 18.8. The van der Waals surface area contributed by atoms with Gasteiger partial charge < -0.3 is 14.8 Å². The molecule has 1 aromatic heterocycles. The quantitative estimate of drug-likeness (QED) is 0.525. The zero-order valence-electron chi connectivity index (χ0n) is 15.1. The smallest absolute Gasteiger partial charge is 0.252 e. The maximum atomic E-state index is 12.1. The lowest BCUT2D eigenvalue weighted by Crippen LogP contribution is -2.26. The van der Waals surface area contributed by atoms with Gasteiger partial charge in [0.1, 0.15) is 18.6 Å². The summed E-state index contributed by atoms with van der Waals surface area (Å²) in [5.41, 5.74) is 5.24. The average Bonchev–Trinajstić information content (AvgIpc) is 2.74. The minimum atomic E-state index is -0.885. The Morgan fingerprint density at radius 1 is 1.31 bits per heavy atom. The number of aliphatic hydroxyl groups is 1. The van der Waals surface area contributed by atoms with Gasteiger partial charge in [-0.15, -0.1) is 0 Å². The molecule has 0 saturated carbocycles. The first kappa shape index (κ1) is 18.9. The number of aromatic nitrogens is 1. The summed E-state index contributed by atoms with van der Waals surface area (Å²) in [6, 6.07) is 5.73. The Kier molecular flexibility index (Phi) is 5.65. The molecule has 1 aliphatic heterocycles. The second-order valence-electron chi connectivity index (χ2n) is 6.76. The molecule has 2 heterocycles. The number of H-pyrrole nitrogens is 1. The average molecular weight is 419 g/mol. The van der Waals surface area contributed by atoms with Crippen LogP contribution in [-0.2, 0) is 13.0 Å². The van der Waals surface area contributed by atoms with Gasteiger partial charge in [-0.1, -0.05) is 5.57 Å². The van der Waals surface area contributed by atoms with Gasteiger partial charge in [0.05, 0.1) is 4.47 Å². The van der Waals surface area contributed by atoms with Crippen LogP contribution in [0, 0.1) is 13.8 Å². The van der Waals surface area contributed by atoms with Crippen molar-refractivity contribution in [2.24, 2.45) is 0 Å². The Hall–Kier alpha value is -1.89. The lowest BCUT2D eigenvalue weighted by molar-refractivity contribution is 0.136. The second-order valence-corrected chi connectivity index (χ2v) is 7.61. The van der Waals surface area contributed by atoms with E-state index in [0.29, 0.717) is 12.2 Å². The number of hydrogen-bond donors (Lipinski definition) is 3. The number of nitrogens with one attached hydrogen (secondary N) is 2. The molecule has 0 fully saturated rings. The monoisotopic (exact) mass is 418 g/mol. The van der Waals surface area contributed by atoms with Gasteiger partial charge in [0.25, 0.3) is 5.56 Å². The summed E-state index contributed by atoms with van der Waals surface area (Å²) < 4.78 is 6.60. The molecule has 26 heavy (non-hydrogen) atoms. The van der Waals surface area contributed by atoms with Gasteiger partial charge in [-0.3, -0.25) is 10.1 Å². The maximum Gasteiger partial charge on any atom is 0.252 e. The van der Waals surface area contributed by atoms with Crippen molar-refractivity contribution in [3.05, 3.63) is 72.6 Å². The number of aliphatic hydroxyl groups excluding tert-OH is 1. The maximum absolute atomic E-state index is 12.1. The van der Waals surface area contributed by atoms with Crippen molar-refractivity contribution in [2.45, 2.75) is 40.0 Å². The van der Waals surface area contributed by atoms with Crippen LogP contribution in [0.1, 0.15) is 41.1 Å². The van der Waals surface area contributed by atoms with Crippen molar-refractivity contribution < 1.29 is 9.84 Å². The number of rotatable bonds is 4. The lowest BCUT2D eigenvalue weighted by Gasteiger charge is -2.18. The Morgan fingerprint density at radius 2 is 2.08 bits per heavy atom. The lowest BCUT2D eigenvalue weighted by atomic mass is 10.0. The van der Waals surface area contributed by atoms with Gasteiger partial charge in [0, 0.05) is 17.8 Å². The summed E-state index contributed by atoms with van der Waals surface area (Å²) >= 11 is 3.54. The third-order valence-electron chi connectivity index (χ3n) is 4.55. The van der Waals surface area contributed by atoms with E-state index in [1.54, 1.807) is 0 Å². The summed E-state index contributed by atoms with van der Waals surface area (Å²) in [5.74, 6) is 0.819. The van der Waals surface area contributed by atoms with Gasteiger partial charge in [0.15, 0.2) is 0 Å². The van der Waals surface area contributed by atoms with E-state index >= 15 is 0 Å². The van der Waals surface area contributed by atoms with E-state index in [4.69, 9.17) is 4.74 Å². The molecule has 0 spiro atoms. The number of benzene rings is 1. The fourth-order valence-corrected chi connectivity index (χ4v) is 3.82. The first-order valence-electron chi connectivity index (χ1n) is 8.56. The number of pyridine rings is 1. The van der Waals surface area contributed by atoms with Gasteiger partial charge >= 0.3 is 0 Å². The van der Waals surface area contributed by atoms with E-state index in [0.717, 1.165) is 39.0 Å². The van der Waals surface area contributed by atoms with E-state index in [2.05, 4.69) is 39.2 Å². The second kappa shape index (κ2) is 7.78. The van der Waals surface area contributed by atoms with Crippen molar-refractivity contribution in [1.29, 1.82) is 0 Å². The van der Waals surface area contributed by atoms with Gasteiger partial charge in [-0.05, 0) is 84.1 Å². The Labute approximate surface area is 161 Å². The minimum absolute atomic E-state index is 0.125. The molecule has 1 aliphatic rings. The van der Waals surface area contributed by atoms with Gasteiger partial charge in [-0.2, -0.15) is 0 Å². The molecule has 5 nitrogen and oxygen atoms in total. The van der Waals surface area contributed by atoms with Crippen LogP contribution < -0.4 is 15.6 Å². The van der Waals surface area contributed by atoms with E-state index in [-0.39, 0.29) is 12.1 Å². The summed E-state index contributed by atoms with van der Waals surface area (Å²) in [6.07, 6.45) is 1.96. The third-order valence-corrected chi connectivity index (χ3v) is 5.14. The number of halogens is 1. The Morgan fingerprint density at radius 3 is 2.81 bits per heavy atom. The molecule has 1 atom stereocenters. The molecular weight excluding hydrogens is 396 g/mol. The molecule has 138 valence electrons. The van der Waals surface area contributed by atoms with Gasteiger partial charge in [0.2, 0.25) is 0 Å². The minimum Gasteiger partial charge on any atom is -0.488 e. The normalized spacial score (nSPS) is 14.9. The first-order chi connectivity index (χ1) is 12.3. The predicted molar refractivity (Wildman–Crippen MR) is 105 cm³/mol. The van der Waals surface area contributed by atoms with Crippen LogP contribution in [0.2, 0.25) is 0 Å². The van der Waals surface area contributed by atoms with Crippen LogP contribution >= 0.6 is 15.9 Å². The molecule has 0 aliphatic carbocycles. The fraction of sp³-hybridized carbons (Fsp3) is 0.350. The fourth-order valence-electron chi connectivity index (χ4n) is 3.18. The molecule has 3 N–H and O–H groups in total. The number of fused-ring (bicyclic) bond motifs is 1. The Balaban J connectivity index is 1.81. The van der Waals surface area contributed by atoms with E-state index in [1.165, 1.54) is 5.57 Å². The SMILES string of the molecule is CC1=CCOc2c(Br)cc(C(O)NCc3c(C)cc(C)[nH]c3=O)cc2C1. The zero-order valence-corrected chi connectivity index (χ0v) is 16.7. The summed E-state index contributed by atoms with van der Waals surface area (Å²) in [5, 5.41) is 13.6. The first-order valence-corrected chi connectivity index (χ1v) is 9.36. The number of aromatic amines is 1. The largest absolute Gasteiger partial charge is 0.488 e. The molecular formula is C20H23BrN2O3.